The van der Waals surface area contributed by atoms with Crippen LogP contribution in [0.25, 0.3) is 10.2 Å². The van der Waals surface area contributed by atoms with Crippen LogP contribution in [0.5, 0.6) is 5.75 Å². The Kier molecular flexibility index (Phi) is 5.23. The molecule has 142 valence electrons. The highest BCUT2D eigenvalue weighted by Gasteiger charge is 2.21. The lowest BCUT2D eigenvalue weighted by molar-refractivity contribution is 0.386. The van der Waals surface area contributed by atoms with Crippen molar-refractivity contribution < 1.29 is 9.13 Å². The maximum atomic E-state index is 13.9. The predicted octanol–water partition coefficient (Wildman–Crippen LogP) is 4.80. The summed E-state index contributed by atoms with van der Waals surface area (Å²) in [5, 5.41) is 1.52. The van der Waals surface area contributed by atoms with Crippen molar-refractivity contribution in [3.63, 3.8) is 0 Å². The Morgan fingerprint density at radius 3 is 2.89 bits per heavy atom. The van der Waals surface area contributed by atoms with E-state index in [2.05, 4.69) is 0 Å². The molecule has 7 heteroatoms. The number of rotatable bonds is 5. The number of thioether (sulfide) groups is 1. The number of benzene rings is 1. The third-order valence-corrected chi connectivity index (χ3v) is 7.17. The number of fused-ring (bicyclic) bond motifs is 3. The summed E-state index contributed by atoms with van der Waals surface area (Å²) in [7, 11) is 1.45. The van der Waals surface area contributed by atoms with Crippen LogP contribution < -0.4 is 10.3 Å². The van der Waals surface area contributed by atoms with E-state index in [0.717, 1.165) is 35.0 Å². The maximum Gasteiger partial charge on any atom is 0.263 e. The molecular formula is C20H21FN2O2S2. The van der Waals surface area contributed by atoms with Gasteiger partial charge in [0.2, 0.25) is 0 Å². The van der Waals surface area contributed by atoms with Gasteiger partial charge in [0.15, 0.2) is 16.7 Å². The van der Waals surface area contributed by atoms with Gasteiger partial charge >= 0.3 is 0 Å². The van der Waals surface area contributed by atoms with Crippen molar-refractivity contribution in [1.82, 2.24) is 9.55 Å². The molecule has 27 heavy (non-hydrogen) atoms. The number of ether oxygens (including phenoxy) is 1. The molecule has 0 spiro atoms. The van der Waals surface area contributed by atoms with Crippen molar-refractivity contribution in [1.29, 1.82) is 0 Å². The fourth-order valence-corrected chi connectivity index (χ4v) is 5.87. The smallest absolute Gasteiger partial charge is 0.263 e. The molecule has 0 amide bonds. The first-order valence-corrected chi connectivity index (χ1v) is 10.9. The maximum absolute atomic E-state index is 13.9. The summed E-state index contributed by atoms with van der Waals surface area (Å²) in [5.74, 6) is 0.403. The molecule has 0 unspecified atom stereocenters. The lowest BCUT2D eigenvalue weighted by Gasteiger charge is -2.12. The molecule has 0 aliphatic heterocycles. The Hall–Kier alpha value is -1.86. The fourth-order valence-electron chi connectivity index (χ4n) is 3.56. The van der Waals surface area contributed by atoms with Crippen LogP contribution in [0.4, 0.5) is 4.39 Å². The van der Waals surface area contributed by atoms with Crippen LogP contribution in [0.15, 0.2) is 28.2 Å². The molecule has 2 heterocycles. The molecule has 0 N–H and O–H groups in total. The summed E-state index contributed by atoms with van der Waals surface area (Å²) < 4.78 is 20.6. The van der Waals surface area contributed by atoms with Crippen LogP contribution in [0.3, 0.4) is 0 Å². The second kappa shape index (κ2) is 7.64. The lowest BCUT2D eigenvalue weighted by atomic mass is 9.97. The Bertz CT molecular complexity index is 1060. The summed E-state index contributed by atoms with van der Waals surface area (Å²) >= 11 is 3.13. The molecule has 1 aliphatic carbocycles. The van der Waals surface area contributed by atoms with E-state index in [1.165, 1.54) is 41.8 Å². The molecule has 1 aliphatic rings. The van der Waals surface area contributed by atoms with Crippen LogP contribution in [-0.4, -0.2) is 16.7 Å². The molecule has 2 aromatic heterocycles. The zero-order valence-electron chi connectivity index (χ0n) is 15.4. The number of hydrogen-bond donors (Lipinski definition) is 0. The molecule has 4 nitrogen and oxygen atoms in total. The van der Waals surface area contributed by atoms with E-state index in [4.69, 9.17) is 9.72 Å². The first-order chi connectivity index (χ1) is 13.1. The van der Waals surface area contributed by atoms with Crippen molar-refractivity contribution in [3.05, 3.63) is 50.4 Å². The number of halogens is 1. The second-order valence-corrected chi connectivity index (χ2v) is 8.62. The fraction of sp³-hybridized carbons (Fsp3) is 0.400. The molecule has 0 saturated carbocycles. The van der Waals surface area contributed by atoms with E-state index < -0.39 is 0 Å². The molecule has 0 radical (unpaired) electrons. The Balaban J connectivity index is 1.69. The van der Waals surface area contributed by atoms with E-state index in [9.17, 15) is 9.18 Å². The van der Waals surface area contributed by atoms with Crippen LogP contribution >= 0.6 is 23.1 Å². The molecular weight excluding hydrogens is 383 g/mol. The van der Waals surface area contributed by atoms with Crippen molar-refractivity contribution >= 4 is 33.3 Å². The van der Waals surface area contributed by atoms with Gasteiger partial charge in [0.1, 0.15) is 4.83 Å². The highest BCUT2D eigenvalue weighted by Crippen LogP contribution is 2.35. The van der Waals surface area contributed by atoms with E-state index in [1.807, 2.05) is 13.0 Å². The van der Waals surface area contributed by atoms with Gasteiger partial charge in [0.25, 0.3) is 5.56 Å². The molecule has 0 atom stereocenters. The van der Waals surface area contributed by atoms with E-state index in [-0.39, 0.29) is 17.1 Å². The van der Waals surface area contributed by atoms with Crippen LogP contribution in [0, 0.1) is 5.82 Å². The van der Waals surface area contributed by atoms with Crippen LogP contribution in [-0.2, 0) is 25.1 Å². The average Bonchev–Trinajstić information content (AvgIpc) is 3.05. The topological polar surface area (TPSA) is 44.1 Å². The van der Waals surface area contributed by atoms with Gasteiger partial charge in [-0.15, -0.1) is 11.3 Å². The monoisotopic (exact) mass is 404 g/mol. The first kappa shape index (κ1) is 18.5. The Morgan fingerprint density at radius 1 is 1.33 bits per heavy atom. The standard InChI is InChI=1S/C20H21FN2O2S2/c1-3-23-19(24)17-13-6-4-5-7-16(13)27-18(17)22-20(23)26-11-12-8-9-15(25-2)14(21)10-12/h8-10H,3-7,11H2,1-2H3. The molecule has 4 rings (SSSR count). The van der Waals surface area contributed by atoms with Crippen molar-refractivity contribution in [2.75, 3.05) is 7.11 Å². The van der Waals surface area contributed by atoms with Gasteiger partial charge in [0, 0.05) is 17.2 Å². The molecule has 0 fully saturated rings. The summed E-state index contributed by atoms with van der Waals surface area (Å²) in [6, 6.07) is 4.94. The van der Waals surface area contributed by atoms with Crippen molar-refractivity contribution in [3.8, 4) is 5.75 Å². The minimum absolute atomic E-state index is 0.0605. The second-order valence-electron chi connectivity index (χ2n) is 6.59. The van der Waals surface area contributed by atoms with E-state index >= 15 is 0 Å². The minimum Gasteiger partial charge on any atom is -0.494 e. The number of aromatic nitrogens is 2. The number of hydrogen-bond acceptors (Lipinski definition) is 5. The van der Waals surface area contributed by atoms with Gasteiger partial charge in [-0.3, -0.25) is 9.36 Å². The van der Waals surface area contributed by atoms with Gasteiger partial charge in [-0.05, 0) is 55.9 Å². The predicted molar refractivity (Wildman–Crippen MR) is 109 cm³/mol. The van der Waals surface area contributed by atoms with Crippen molar-refractivity contribution in [2.24, 2.45) is 0 Å². The molecule has 0 saturated heterocycles. The normalized spacial score (nSPS) is 13.7. The number of methoxy groups -OCH3 is 1. The summed E-state index contributed by atoms with van der Waals surface area (Å²) in [6.45, 7) is 2.54. The summed E-state index contributed by atoms with van der Waals surface area (Å²) in [6.07, 6.45) is 4.36. The number of nitrogens with zero attached hydrogens (tertiary/aromatic N) is 2. The van der Waals surface area contributed by atoms with E-state index in [0.29, 0.717) is 17.5 Å². The number of thiophene rings is 1. The van der Waals surface area contributed by atoms with Gasteiger partial charge in [-0.25, -0.2) is 9.37 Å². The zero-order chi connectivity index (χ0) is 19.0. The van der Waals surface area contributed by atoms with E-state index in [1.54, 1.807) is 22.0 Å². The number of aryl methyl sites for hydroxylation is 2. The van der Waals surface area contributed by atoms with Crippen LogP contribution in [0.1, 0.15) is 35.8 Å². The SMILES string of the molecule is CCn1c(SCc2ccc(OC)c(F)c2)nc2sc3c(c2c1=O)CCCC3. The molecule has 3 aromatic rings. The third kappa shape index (κ3) is 3.38. The van der Waals surface area contributed by atoms with Gasteiger partial charge in [0.05, 0.1) is 12.5 Å². The van der Waals surface area contributed by atoms with Gasteiger partial charge in [-0.2, -0.15) is 0 Å². The first-order valence-electron chi connectivity index (χ1n) is 9.12. The lowest BCUT2D eigenvalue weighted by Crippen LogP contribution is -2.23. The average molecular weight is 405 g/mol. The van der Waals surface area contributed by atoms with Crippen molar-refractivity contribution in [2.45, 2.75) is 50.1 Å². The largest absolute Gasteiger partial charge is 0.494 e. The third-order valence-electron chi connectivity index (χ3n) is 4.94. The summed E-state index contributed by atoms with van der Waals surface area (Å²) in [4.78, 5) is 20.1. The Labute approximate surface area is 165 Å². The minimum atomic E-state index is -0.377. The van der Waals surface area contributed by atoms with Gasteiger partial charge in [-0.1, -0.05) is 17.8 Å². The van der Waals surface area contributed by atoms with Crippen LogP contribution in [0.2, 0.25) is 0 Å². The highest BCUT2D eigenvalue weighted by atomic mass is 32.2. The Morgan fingerprint density at radius 2 is 2.15 bits per heavy atom. The van der Waals surface area contributed by atoms with Gasteiger partial charge < -0.3 is 4.74 Å². The quantitative estimate of drug-likeness (QED) is 0.453. The highest BCUT2D eigenvalue weighted by molar-refractivity contribution is 7.98. The zero-order valence-corrected chi connectivity index (χ0v) is 17.0. The molecule has 0 bridgehead atoms. The summed E-state index contributed by atoms with van der Waals surface area (Å²) in [5.41, 5.74) is 2.11. The molecule has 1 aromatic carbocycles.